The molecule has 0 spiro atoms. The molecule has 1 saturated heterocycles. The van der Waals surface area contributed by atoms with Crippen LogP contribution in [0.15, 0.2) is 28.7 Å². The number of hydrogen-bond acceptors (Lipinski definition) is 3. The van der Waals surface area contributed by atoms with Crippen LogP contribution in [0.25, 0.3) is 0 Å². The van der Waals surface area contributed by atoms with Crippen LogP contribution < -0.4 is 4.74 Å². The van der Waals surface area contributed by atoms with Gasteiger partial charge in [0, 0.05) is 17.1 Å². The number of rotatable bonds is 5. The first kappa shape index (κ1) is 14.3. The lowest BCUT2D eigenvalue weighted by molar-refractivity contribution is -0.142. The minimum Gasteiger partial charge on any atom is -0.492 e. The molecule has 1 fully saturated rings. The third kappa shape index (κ3) is 3.70. The smallest absolute Gasteiger partial charge is 0.308 e. The molecule has 2 unspecified atom stereocenters. The fourth-order valence-corrected chi connectivity index (χ4v) is 2.73. The summed E-state index contributed by atoms with van der Waals surface area (Å²) in [5, 5.41) is 9.07. The second-order valence-electron chi connectivity index (χ2n) is 4.81. The summed E-state index contributed by atoms with van der Waals surface area (Å²) < 4.78 is 6.68. The number of nitrogens with zero attached hydrogens (tertiary/aromatic N) is 1. The van der Waals surface area contributed by atoms with Crippen LogP contribution in [0.5, 0.6) is 5.75 Å². The van der Waals surface area contributed by atoms with Gasteiger partial charge in [-0.2, -0.15) is 0 Å². The quantitative estimate of drug-likeness (QED) is 0.903. The molecule has 0 radical (unpaired) electrons. The lowest BCUT2D eigenvalue weighted by Crippen LogP contribution is -2.35. The van der Waals surface area contributed by atoms with Crippen LogP contribution in [0.4, 0.5) is 0 Å². The normalized spacial score (nSPS) is 23.5. The summed E-state index contributed by atoms with van der Waals surface area (Å²) in [6.45, 7) is 4.16. The van der Waals surface area contributed by atoms with Crippen molar-refractivity contribution in [1.82, 2.24) is 4.90 Å². The molecule has 1 aliphatic rings. The van der Waals surface area contributed by atoms with E-state index >= 15 is 0 Å². The molecule has 104 valence electrons. The molecule has 0 saturated carbocycles. The van der Waals surface area contributed by atoms with Gasteiger partial charge in [-0.1, -0.05) is 15.9 Å². The predicted molar refractivity (Wildman–Crippen MR) is 76.4 cm³/mol. The molecule has 1 aromatic carbocycles. The van der Waals surface area contributed by atoms with Crippen molar-refractivity contribution >= 4 is 21.9 Å². The Morgan fingerprint density at radius 3 is 2.74 bits per heavy atom. The number of carboxylic acids is 1. The molecular weight excluding hydrogens is 310 g/mol. The minimum absolute atomic E-state index is 0.0889. The highest BCUT2D eigenvalue weighted by Gasteiger charge is 2.35. The average Bonchev–Trinajstić information content (AvgIpc) is 2.74. The van der Waals surface area contributed by atoms with Gasteiger partial charge >= 0.3 is 5.97 Å². The Balaban J connectivity index is 1.77. The van der Waals surface area contributed by atoms with Crippen molar-refractivity contribution < 1.29 is 14.6 Å². The van der Waals surface area contributed by atoms with Gasteiger partial charge in [-0.15, -0.1) is 0 Å². The van der Waals surface area contributed by atoms with Gasteiger partial charge in [0.05, 0.1) is 5.92 Å². The van der Waals surface area contributed by atoms with Crippen LogP contribution in [-0.4, -0.2) is 41.7 Å². The lowest BCUT2D eigenvalue weighted by atomic mass is 10.0. The summed E-state index contributed by atoms with van der Waals surface area (Å²) in [4.78, 5) is 13.2. The van der Waals surface area contributed by atoms with E-state index in [1.165, 1.54) is 0 Å². The van der Waals surface area contributed by atoms with E-state index in [0.717, 1.165) is 29.7 Å². The monoisotopic (exact) mass is 327 g/mol. The van der Waals surface area contributed by atoms with Gasteiger partial charge < -0.3 is 9.84 Å². The van der Waals surface area contributed by atoms with Crippen molar-refractivity contribution in [3.05, 3.63) is 28.7 Å². The molecule has 2 rings (SSSR count). The average molecular weight is 328 g/mol. The first-order valence-corrected chi connectivity index (χ1v) is 7.22. The second-order valence-corrected chi connectivity index (χ2v) is 5.73. The predicted octanol–water partition coefficient (Wildman–Crippen LogP) is 2.62. The van der Waals surface area contributed by atoms with Crippen molar-refractivity contribution in [2.24, 2.45) is 5.92 Å². The third-order valence-corrected chi connectivity index (χ3v) is 4.19. The Labute approximate surface area is 121 Å². The summed E-state index contributed by atoms with van der Waals surface area (Å²) >= 11 is 3.38. The van der Waals surface area contributed by atoms with Crippen molar-refractivity contribution in [3.63, 3.8) is 0 Å². The Hall–Kier alpha value is -1.07. The molecule has 0 aliphatic carbocycles. The fraction of sp³-hybridized carbons (Fsp3) is 0.500. The molecule has 1 heterocycles. The van der Waals surface area contributed by atoms with Crippen LogP contribution in [0, 0.1) is 5.92 Å². The van der Waals surface area contributed by atoms with Gasteiger partial charge in [-0.3, -0.25) is 9.69 Å². The van der Waals surface area contributed by atoms with Gasteiger partial charge in [-0.25, -0.2) is 0 Å². The number of ether oxygens (including phenoxy) is 1. The van der Waals surface area contributed by atoms with E-state index in [1.807, 2.05) is 31.2 Å². The zero-order valence-corrected chi connectivity index (χ0v) is 12.5. The molecule has 0 bridgehead atoms. The zero-order chi connectivity index (χ0) is 13.8. The van der Waals surface area contributed by atoms with Gasteiger partial charge in [0.2, 0.25) is 0 Å². The molecule has 1 aliphatic heterocycles. The maximum absolute atomic E-state index is 11.0. The van der Waals surface area contributed by atoms with Crippen molar-refractivity contribution in [2.75, 3.05) is 19.7 Å². The summed E-state index contributed by atoms with van der Waals surface area (Å²) in [6.07, 6.45) is 0.731. The van der Waals surface area contributed by atoms with E-state index in [0.29, 0.717) is 6.61 Å². The van der Waals surface area contributed by atoms with E-state index in [2.05, 4.69) is 20.8 Å². The minimum atomic E-state index is -0.691. The third-order valence-electron chi connectivity index (χ3n) is 3.66. The molecule has 1 N–H and O–H groups in total. The standard InChI is InChI=1S/C14H18BrNO3/c1-10-13(14(17)18)6-7-16(10)8-9-19-12-4-2-11(15)3-5-12/h2-5,10,13H,6-9H2,1H3,(H,17,18). The topological polar surface area (TPSA) is 49.8 Å². The van der Waals surface area contributed by atoms with Crippen molar-refractivity contribution in [1.29, 1.82) is 0 Å². The maximum atomic E-state index is 11.0. The van der Waals surface area contributed by atoms with E-state index in [1.54, 1.807) is 0 Å². The molecule has 0 amide bonds. The summed E-state index contributed by atoms with van der Waals surface area (Å²) in [5.74, 6) is -0.0960. The second kappa shape index (κ2) is 6.39. The van der Waals surface area contributed by atoms with E-state index in [4.69, 9.17) is 9.84 Å². The lowest BCUT2D eigenvalue weighted by Gasteiger charge is -2.22. The van der Waals surface area contributed by atoms with Gasteiger partial charge in [0.15, 0.2) is 0 Å². The Morgan fingerprint density at radius 2 is 2.16 bits per heavy atom. The number of likely N-dealkylation sites (tertiary alicyclic amines) is 1. The van der Waals surface area contributed by atoms with E-state index in [9.17, 15) is 4.79 Å². The number of carbonyl (C=O) groups is 1. The van der Waals surface area contributed by atoms with Crippen molar-refractivity contribution in [3.8, 4) is 5.75 Å². The van der Waals surface area contributed by atoms with E-state index in [-0.39, 0.29) is 12.0 Å². The molecule has 5 heteroatoms. The van der Waals surface area contributed by atoms with Crippen molar-refractivity contribution in [2.45, 2.75) is 19.4 Å². The first-order chi connectivity index (χ1) is 9.08. The zero-order valence-electron chi connectivity index (χ0n) is 10.9. The van der Waals surface area contributed by atoms with Gasteiger partial charge in [0.1, 0.15) is 12.4 Å². The fourth-order valence-electron chi connectivity index (χ4n) is 2.46. The Bertz CT molecular complexity index is 435. The molecule has 19 heavy (non-hydrogen) atoms. The highest BCUT2D eigenvalue weighted by Crippen LogP contribution is 2.24. The van der Waals surface area contributed by atoms with Crippen LogP contribution in [0.2, 0.25) is 0 Å². The largest absolute Gasteiger partial charge is 0.492 e. The van der Waals surface area contributed by atoms with Crippen LogP contribution in [0.3, 0.4) is 0 Å². The maximum Gasteiger partial charge on any atom is 0.308 e. The summed E-state index contributed by atoms with van der Waals surface area (Å²) in [7, 11) is 0. The highest BCUT2D eigenvalue weighted by molar-refractivity contribution is 9.10. The van der Waals surface area contributed by atoms with Gasteiger partial charge in [-0.05, 0) is 44.2 Å². The number of hydrogen-bond donors (Lipinski definition) is 1. The molecular formula is C14H18BrNO3. The summed E-state index contributed by atoms with van der Waals surface area (Å²) in [6, 6.07) is 7.79. The van der Waals surface area contributed by atoms with Gasteiger partial charge in [0.25, 0.3) is 0 Å². The summed E-state index contributed by atoms with van der Waals surface area (Å²) in [5.41, 5.74) is 0. The number of carboxylic acid groups (broad SMARTS) is 1. The Morgan fingerprint density at radius 1 is 1.47 bits per heavy atom. The van der Waals surface area contributed by atoms with Crippen LogP contribution in [0.1, 0.15) is 13.3 Å². The molecule has 0 aromatic heterocycles. The molecule has 2 atom stereocenters. The molecule has 4 nitrogen and oxygen atoms in total. The molecule has 1 aromatic rings. The van der Waals surface area contributed by atoms with Crippen LogP contribution >= 0.6 is 15.9 Å². The highest BCUT2D eigenvalue weighted by atomic mass is 79.9. The SMILES string of the molecule is CC1C(C(=O)O)CCN1CCOc1ccc(Br)cc1. The van der Waals surface area contributed by atoms with Crippen LogP contribution in [-0.2, 0) is 4.79 Å². The Kier molecular flexibility index (Phi) is 4.82. The number of aliphatic carboxylic acids is 1. The number of benzene rings is 1. The first-order valence-electron chi connectivity index (χ1n) is 6.43. The number of halogens is 1. The van der Waals surface area contributed by atoms with E-state index < -0.39 is 5.97 Å².